The Morgan fingerprint density at radius 3 is 1.20 bits per heavy atom. The van der Waals surface area contributed by atoms with Gasteiger partial charge in [-0.1, -0.05) is 133 Å². The molecule has 4 heteroatoms. The first kappa shape index (κ1) is 32.1. The van der Waals surface area contributed by atoms with Gasteiger partial charge in [0.1, 0.15) is 0 Å². The Balaban J connectivity index is 2.69. The topological polar surface area (TPSA) is 27.7 Å². The van der Waals surface area contributed by atoms with Crippen molar-refractivity contribution in [1.29, 1.82) is 0 Å². The lowest BCUT2D eigenvalue weighted by Crippen LogP contribution is -2.07. The summed E-state index contributed by atoms with van der Waals surface area (Å²) in [6.45, 7) is 8.99. The van der Waals surface area contributed by atoms with Gasteiger partial charge in [-0.25, -0.2) is 0 Å². The number of rotatable bonds is 25. The summed E-state index contributed by atoms with van der Waals surface area (Å²) in [6.07, 6.45) is 22.7. The normalized spacial score (nSPS) is 11.1. The average Bonchev–Trinajstić information content (AvgIpc) is 2.87. The third kappa shape index (κ3) is 16.5. The Morgan fingerprint density at radius 2 is 0.829 bits per heavy atom. The molecule has 0 aromatic heterocycles. The Hall–Kier alpha value is -0.900. The quantitative estimate of drug-likeness (QED) is 0.0887. The average molecular weight is 556 g/mol. The molecule has 3 nitrogen and oxygen atoms in total. The Morgan fingerprint density at radius 1 is 0.486 bits per heavy atom. The van der Waals surface area contributed by atoms with Crippen LogP contribution < -0.4 is 14.2 Å². The van der Waals surface area contributed by atoms with Gasteiger partial charge < -0.3 is 14.2 Å². The first-order valence-corrected chi connectivity index (χ1v) is 16.0. The third-order valence-corrected chi connectivity index (χ3v) is 7.14. The predicted octanol–water partition coefficient (Wildman–Crippen LogP) is 10.8. The van der Waals surface area contributed by atoms with Crippen molar-refractivity contribution in [2.75, 3.05) is 19.8 Å². The van der Waals surface area contributed by atoms with Crippen molar-refractivity contribution in [3.8, 4) is 17.2 Å². The van der Waals surface area contributed by atoms with E-state index in [1.54, 1.807) is 0 Å². The lowest BCUT2D eigenvalue weighted by atomic mass is 10.1. The molecule has 0 radical (unpaired) electrons. The summed E-state index contributed by atoms with van der Waals surface area (Å²) >= 11 is 3.63. The number of hydrogen-bond donors (Lipinski definition) is 0. The van der Waals surface area contributed by atoms with Gasteiger partial charge in [0.05, 0.1) is 19.8 Å². The van der Waals surface area contributed by atoms with Crippen LogP contribution >= 0.6 is 15.9 Å². The number of alkyl halides is 1. The van der Waals surface area contributed by atoms with Crippen molar-refractivity contribution in [2.45, 2.75) is 142 Å². The van der Waals surface area contributed by atoms with Crippen LogP contribution in [-0.2, 0) is 5.33 Å². The molecule has 0 bridgehead atoms. The molecule has 0 heterocycles. The van der Waals surface area contributed by atoms with Crippen molar-refractivity contribution in [3.05, 3.63) is 17.7 Å². The van der Waals surface area contributed by atoms with E-state index in [-0.39, 0.29) is 0 Å². The SMILES string of the molecule is CCCCCCCCOc1cc(CBr)cc(OCCCCCCCC)c1OCCCCCCCC. The van der Waals surface area contributed by atoms with Crippen molar-refractivity contribution in [3.63, 3.8) is 0 Å². The summed E-state index contributed by atoms with van der Waals surface area (Å²) in [4.78, 5) is 0. The van der Waals surface area contributed by atoms with Gasteiger partial charge in [-0.05, 0) is 37.0 Å². The molecule has 0 aliphatic carbocycles. The third-order valence-electron chi connectivity index (χ3n) is 6.49. The van der Waals surface area contributed by atoms with E-state index in [0.717, 1.165) is 61.7 Å². The van der Waals surface area contributed by atoms with E-state index >= 15 is 0 Å². The van der Waals surface area contributed by atoms with E-state index in [2.05, 4.69) is 48.8 Å². The highest BCUT2D eigenvalue weighted by Gasteiger charge is 2.16. The molecule has 0 unspecified atom stereocenters. The lowest BCUT2D eigenvalue weighted by molar-refractivity contribution is 0.234. The second kappa shape index (κ2) is 23.5. The minimum absolute atomic E-state index is 0.723. The molecule has 1 rings (SSSR count). The van der Waals surface area contributed by atoms with Crippen LogP contribution in [0.5, 0.6) is 17.2 Å². The maximum absolute atomic E-state index is 6.33. The molecule has 1 aromatic rings. The van der Waals surface area contributed by atoms with E-state index in [4.69, 9.17) is 14.2 Å². The maximum Gasteiger partial charge on any atom is 0.203 e. The fourth-order valence-electron chi connectivity index (χ4n) is 4.25. The van der Waals surface area contributed by atoms with Gasteiger partial charge in [-0.15, -0.1) is 0 Å². The first-order valence-electron chi connectivity index (χ1n) is 14.9. The summed E-state index contributed by atoms with van der Waals surface area (Å²) in [7, 11) is 0. The highest BCUT2D eigenvalue weighted by Crippen LogP contribution is 2.40. The molecule has 0 aliphatic rings. The second-order valence-electron chi connectivity index (χ2n) is 9.90. The van der Waals surface area contributed by atoms with Crippen LogP contribution in [0.25, 0.3) is 0 Å². The highest BCUT2D eigenvalue weighted by molar-refractivity contribution is 9.08. The number of unbranched alkanes of at least 4 members (excludes halogenated alkanes) is 15. The van der Waals surface area contributed by atoms with Crippen molar-refractivity contribution in [2.24, 2.45) is 0 Å². The molecule has 0 N–H and O–H groups in total. The first-order chi connectivity index (χ1) is 17.3. The molecule has 0 saturated heterocycles. The summed E-state index contributed by atoms with van der Waals surface area (Å²) in [5, 5.41) is 0.783. The van der Waals surface area contributed by atoms with Crippen LogP contribution in [0.1, 0.15) is 142 Å². The van der Waals surface area contributed by atoms with Crippen LogP contribution in [-0.4, -0.2) is 19.8 Å². The highest BCUT2D eigenvalue weighted by atomic mass is 79.9. The number of halogens is 1. The molecule has 0 saturated carbocycles. The largest absolute Gasteiger partial charge is 0.490 e. The predicted molar refractivity (Wildman–Crippen MR) is 156 cm³/mol. The summed E-state index contributed by atoms with van der Waals surface area (Å²) < 4.78 is 18.9. The van der Waals surface area contributed by atoms with Crippen molar-refractivity contribution < 1.29 is 14.2 Å². The van der Waals surface area contributed by atoms with E-state index in [9.17, 15) is 0 Å². The fourth-order valence-corrected chi connectivity index (χ4v) is 4.57. The standard InChI is InChI=1S/C31H55BrO3/c1-4-7-10-13-16-19-22-33-29-25-28(27-32)26-30(34-23-20-17-14-11-8-5-2)31(29)35-24-21-18-15-12-9-6-3/h25-26H,4-24,27H2,1-3H3. The summed E-state index contributed by atoms with van der Waals surface area (Å²) in [5.41, 5.74) is 1.17. The zero-order valence-electron chi connectivity index (χ0n) is 23.3. The molecule has 0 atom stereocenters. The second-order valence-corrected chi connectivity index (χ2v) is 10.5. The maximum atomic E-state index is 6.33. The minimum Gasteiger partial charge on any atom is -0.490 e. The minimum atomic E-state index is 0.723. The van der Waals surface area contributed by atoms with Crippen molar-refractivity contribution in [1.82, 2.24) is 0 Å². The molecule has 1 aromatic carbocycles. The molecule has 204 valence electrons. The molecular formula is C31H55BrO3. The van der Waals surface area contributed by atoms with Crippen LogP contribution in [0, 0.1) is 0 Å². The Labute approximate surface area is 226 Å². The molecule has 0 amide bonds. The fraction of sp³-hybridized carbons (Fsp3) is 0.806. The van der Waals surface area contributed by atoms with Crippen LogP contribution in [0.15, 0.2) is 12.1 Å². The molecule has 35 heavy (non-hydrogen) atoms. The zero-order chi connectivity index (χ0) is 25.4. The van der Waals surface area contributed by atoms with Crippen LogP contribution in [0.4, 0.5) is 0 Å². The van der Waals surface area contributed by atoms with Crippen LogP contribution in [0.3, 0.4) is 0 Å². The lowest BCUT2D eigenvalue weighted by Gasteiger charge is -2.18. The molecule has 0 fully saturated rings. The van der Waals surface area contributed by atoms with Crippen molar-refractivity contribution >= 4 is 15.9 Å². The van der Waals surface area contributed by atoms with Gasteiger partial charge in [0, 0.05) is 5.33 Å². The van der Waals surface area contributed by atoms with E-state index in [0.29, 0.717) is 0 Å². The summed E-state index contributed by atoms with van der Waals surface area (Å²) in [5.74, 6) is 2.50. The number of benzene rings is 1. The van der Waals surface area contributed by atoms with Gasteiger partial charge in [0.2, 0.25) is 5.75 Å². The number of ether oxygens (including phenoxy) is 3. The molecule has 0 spiro atoms. The number of hydrogen-bond acceptors (Lipinski definition) is 3. The summed E-state index contributed by atoms with van der Waals surface area (Å²) in [6, 6.07) is 4.25. The van der Waals surface area contributed by atoms with Gasteiger partial charge >= 0.3 is 0 Å². The van der Waals surface area contributed by atoms with Gasteiger partial charge in [0.15, 0.2) is 11.5 Å². The van der Waals surface area contributed by atoms with Gasteiger partial charge in [-0.2, -0.15) is 0 Å². The molecule has 0 aliphatic heterocycles. The smallest absolute Gasteiger partial charge is 0.203 e. The molecular weight excluding hydrogens is 500 g/mol. The van der Waals surface area contributed by atoms with E-state index in [1.807, 2.05) is 0 Å². The van der Waals surface area contributed by atoms with Crippen LogP contribution in [0.2, 0.25) is 0 Å². The Bertz CT molecular complexity index is 566. The Kier molecular flexibility index (Phi) is 21.6. The van der Waals surface area contributed by atoms with Gasteiger partial charge in [-0.3, -0.25) is 0 Å². The monoisotopic (exact) mass is 554 g/mol. The van der Waals surface area contributed by atoms with E-state index < -0.39 is 0 Å². The van der Waals surface area contributed by atoms with E-state index in [1.165, 1.54) is 102 Å². The zero-order valence-corrected chi connectivity index (χ0v) is 24.9. The van der Waals surface area contributed by atoms with Gasteiger partial charge in [0.25, 0.3) is 0 Å².